The molecular weight excluding hydrogens is 328 g/mol. The number of hydrogen-bond acceptors (Lipinski definition) is 3. The Labute approximate surface area is 147 Å². The first-order valence-corrected chi connectivity index (χ1v) is 8.61. The van der Waals surface area contributed by atoms with E-state index in [9.17, 15) is 4.79 Å². The number of amides is 1. The van der Waals surface area contributed by atoms with Crippen molar-refractivity contribution in [2.75, 3.05) is 13.1 Å². The first kappa shape index (κ1) is 18.0. The summed E-state index contributed by atoms with van der Waals surface area (Å²) in [5.74, 6) is 0.360. The minimum absolute atomic E-state index is 0. The summed E-state index contributed by atoms with van der Waals surface area (Å²) in [5, 5.41) is 0. The van der Waals surface area contributed by atoms with E-state index in [1.165, 1.54) is 16.0 Å². The van der Waals surface area contributed by atoms with Crippen LogP contribution in [0.4, 0.5) is 0 Å². The minimum Gasteiger partial charge on any atom is -0.336 e. The van der Waals surface area contributed by atoms with Crippen LogP contribution in [0.5, 0.6) is 0 Å². The number of nitrogens with two attached hydrogens (primary N) is 1. The molecule has 1 aromatic heterocycles. The predicted octanol–water partition coefficient (Wildman–Crippen LogP) is 3.61. The van der Waals surface area contributed by atoms with Gasteiger partial charge in [-0.1, -0.05) is 37.3 Å². The number of carbonyl (C=O) groups is 1. The first-order valence-electron chi connectivity index (χ1n) is 7.79. The molecule has 0 unspecified atom stereocenters. The Kier molecular flexibility index (Phi) is 5.84. The van der Waals surface area contributed by atoms with Crippen molar-refractivity contribution >= 4 is 29.7 Å². The number of hydrogen-bond donors (Lipinski definition) is 1. The number of aryl methyl sites for hydroxylation is 2. The maximum atomic E-state index is 12.7. The van der Waals surface area contributed by atoms with Gasteiger partial charge in [0.25, 0.3) is 5.91 Å². The summed E-state index contributed by atoms with van der Waals surface area (Å²) in [6.07, 6.45) is 0.974. The van der Waals surface area contributed by atoms with E-state index in [-0.39, 0.29) is 30.3 Å². The van der Waals surface area contributed by atoms with Gasteiger partial charge >= 0.3 is 0 Å². The fourth-order valence-corrected chi connectivity index (χ4v) is 4.26. The zero-order valence-corrected chi connectivity index (χ0v) is 15.1. The second kappa shape index (κ2) is 7.47. The first-order chi connectivity index (χ1) is 10.6. The lowest BCUT2D eigenvalue weighted by Gasteiger charge is -2.15. The molecule has 1 aliphatic heterocycles. The summed E-state index contributed by atoms with van der Waals surface area (Å²) >= 11 is 1.60. The Morgan fingerprint density at radius 2 is 2.00 bits per heavy atom. The summed E-state index contributed by atoms with van der Waals surface area (Å²) in [6.45, 7) is 5.56. The molecule has 3 nitrogen and oxygen atoms in total. The molecule has 2 atom stereocenters. The second-order valence-electron chi connectivity index (χ2n) is 5.94. The Morgan fingerprint density at radius 3 is 2.61 bits per heavy atom. The molecule has 2 aromatic rings. The molecule has 0 radical (unpaired) electrons. The molecule has 23 heavy (non-hydrogen) atoms. The maximum Gasteiger partial charge on any atom is 0.264 e. The molecule has 1 amide bonds. The predicted molar refractivity (Wildman–Crippen MR) is 98.7 cm³/mol. The second-order valence-corrected chi connectivity index (χ2v) is 7.19. The van der Waals surface area contributed by atoms with Gasteiger partial charge in [0.2, 0.25) is 0 Å². The molecule has 124 valence electrons. The zero-order valence-electron chi connectivity index (χ0n) is 13.5. The van der Waals surface area contributed by atoms with Crippen molar-refractivity contribution in [3.05, 3.63) is 57.3 Å². The Balaban J connectivity index is 0.00000192. The average Bonchev–Trinajstić information content (AvgIpc) is 3.10. The highest BCUT2D eigenvalue weighted by Gasteiger charge is 2.34. The van der Waals surface area contributed by atoms with Crippen molar-refractivity contribution < 1.29 is 4.79 Å². The van der Waals surface area contributed by atoms with E-state index in [0.717, 1.165) is 11.3 Å². The lowest BCUT2D eigenvalue weighted by Crippen LogP contribution is -2.31. The van der Waals surface area contributed by atoms with Gasteiger partial charge in [-0.2, -0.15) is 0 Å². The van der Waals surface area contributed by atoms with Crippen LogP contribution in [0.15, 0.2) is 36.4 Å². The van der Waals surface area contributed by atoms with E-state index in [1.54, 1.807) is 11.3 Å². The topological polar surface area (TPSA) is 46.3 Å². The fourth-order valence-electron chi connectivity index (χ4n) is 3.18. The largest absolute Gasteiger partial charge is 0.336 e. The van der Waals surface area contributed by atoms with Gasteiger partial charge in [0, 0.05) is 29.9 Å². The molecule has 1 saturated heterocycles. The highest BCUT2D eigenvalue weighted by molar-refractivity contribution is 7.14. The third kappa shape index (κ3) is 3.60. The molecule has 1 fully saturated rings. The number of halogens is 1. The van der Waals surface area contributed by atoms with Crippen LogP contribution in [-0.4, -0.2) is 29.9 Å². The highest BCUT2D eigenvalue weighted by atomic mass is 35.5. The smallest absolute Gasteiger partial charge is 0.264 e. The van der Waals surface area contributed by atoms with Gasteiger partial charge in [-0.05, 0) is 30.5 Å². The number of nitrogens with zero attached hydrogens (tertiary/aromatic N) is 1. The van der Waals surface area contributed by atoms with Gasteiger partial charge in [-0.15, -0.1) is 23.7 Å². The molecule has 0 saturated carbocycles. The molecule has 3 rings (SSSR count). The van der Waals surface area contributed by atoms with Gasteiger partial charge in [0.05, 0.1) is 4.88 Å². The molecule has 0 spiro atoms. The van der Waals surface area contributed by atoms with Crippen LogP contribution in [-0.2, 0) is 6.42 Å². The Bertz CT molecular complexity index is 671. The van der Waals surface area contributed by atoms with E-state index in [2.05, 4.69) is 26.0 Å². The number of likely N-dealkylation sites (tertiary alicyclic amines) is 1. The van der Waals surface area contributed by atoms with E-state index < -0.39 is 0 Å². The summed E-state index contributed by atoms with van der Waals surface area (Å²) < 4.78 is 0. The lowest BCUT2D eigenvalue weighted by atomic mass is 9.95. The molecule has 2 heterocycles. The van der Waals surface area contributed by atoms with Crippen molar-refractivity contribution in [2.45, 2.75) is 32.2 Å². The zero-order chi connectivity index (χ0) is 15.7. The fraction of sp³-hybridized carbons (Fsp3) is 0.389. The molecule has 0 bridgehead atoms. The third-order valence-electron chi connectivity index (χ3n) is 4.49. The Hall–Kier alpha value is -1.36. The van der Waals surface area contributed by atoms with Gasteiger partial charge in [-0.25, -0.2) is 0 Å². The van der Waals surface area contributed by atoms with Crippen LogP contribution in [0, 0.1) is 6.92 Å². The van der Waals surface area contributed by atoms with Crippen LogP contribution >= 0.6 is 23.7 Å². The summed E-state index contributed by atoms with van der Waals surface area (Å²) in [5.41, 5.74) is 8.79. The van der Waals surface area contributed by atoms with E-state index in [0.29, 0.717) is 13.1 Å². The SMILES string of the molecule is CCc1cc(C(=O)N2C[C@@H](N)[C@H](c3ccccc3)C2)sc1C.Cl. The van der Waals surface area contributed by atoms with Crippen molar-refractivity contribution in [3.8, 4) is 0 Å². The van der Waals surface area contributed by atoms with Crippen molar-refractivity contribution in [1.29, 1.82) is 0 Å². The van der Waals surface area contributed by atoms with Gasteiger partial charge < -0.3 is 10.6 Å². The maximum absolute atomic E-state index is 12.7. The monoisotopic (exact) mass is 350 g/mol. The molecule has 1 aliphatic rings. The number of rotatable bonds is 3. The molecule has 5 heteroatoms. The minimum atomic E-state index is 0. The van der Waals surface area contributed by atoms with Crippen molar-refractivity contribution in [2.24, 2.45) is 5.73 Å². The molecule has 0 aliphatic carbocycles. The normalized spacial score (nSPS) is 20.4. The van der Waals surface area contributed by atoms with Crippen molar-refractivity contribution in [3.63, 3.8) is 0 Å². The summed E-state index contributed by atoms with van der Waals surface area (Å²) in [7, 11) is 0. The van der Waals surface area contributed by atoms with E-state index >= 15 is 0 Å². The summed E-state index contributed by atoms with van der Waals surface area (Å²) in [6, 6.07) is 12.3. The third-order valence-corrected chi connectivity index (χ3v) is 5.57. The van der Waals surface area contributed by atoms with Crippen LogP contribution in [0.25, 0.3) is 0 Å². The van der Waals surface area contributed by atoms with Gasteiger partial charge in [0.15, 0.2) is 0 Å². The van der Waals surface area contributed by atoms with Gasteiger partial charge in [-0.3, -0.25) is 4.79 Å². The number of benzene rings is 1. The standard InChI is InChI=1S/C18H22N2OS.ClH/c1-3-13-9-17(22-12(13)2)18(21)20-10-15(16(19)11-20)14-7-5-4-6-8-14;/h4-9,15-16H,3,10-11,19H2,1-2H3;1H/t15-,16+;/m0./s1. The van der Waals surface area contributed by atoms with Crippen LogP contribution in [0.2, 0.25) is 0 Å². The molecule has 1 aromatic carbocycles. The van der Waals surface area contributed by atoms with E-state index in [4.69, 9.17) is 5.73 Å². The van der Waals surface area contributed by atoms with Crippen LogP contribution in [0.3, 0.4) is 0 Å². The quantitative estimate of drug-likeness (QED) is 0.919. The van der Waals surface area contributed by atoms with E-state index in [1.807, 2.05) is 29.2 Å². The molecule has 2 N–H and O–H groups in total. The number of carbonyl (C=O) groups excluding carboxylic acids is 1. The molecular formula is C18H23ClN2OS. The van der Waals surface area contributed by atoms with Gasteiger partial charge in [0.1, 0.15) is 0 Å². The number of thiophene rings is 1. The van der Waals surface area contributed by atoms with Crippen LogP contribution < -0.4 is 5.73 Å². The average molecular weight is 351 g/mol. The van der Waals surface area contributed by atoms with Crippen molar-refractivity contribution in [1.82, 2.24) is 4.90 Å². The lowest BCUT2D eigenvalue weighted by molar-refractivity contribution is 0.0794. The van der Waals surface area contributed by atoms with Crippen LogP contribution in [0.1, 0.15) is 38.5 Å². The Morgan fingerprint density at radius 1 is 1.30 bits per heavy atom. The highest BCUT2D eigenvalue weighted by Crippen LogP contribution is 2.29. The summed E-state index contributed by atoms with van der Waals surface area (Å²) in [4.78, 5) is 16.7.